The highest BCUT2D eigenvalue weighted by Gasteiger charge is 2.35. The molecule has 2 aromatic carbocycles. The first kappa shape index (κ1) is 18.9. The van der Waals surface area contributed by atoms with Crippen LogP contribution in [0.5, 0.6) is 0 Å². The van der Waals surface area contributed by atoms with Crippen molar-refractivity contribution in [1.82, 2.24) is 19.7 Å². The van der Waals surface area contributed by atoms with Crippen molar-refractivity contribution in [2.24, 2.45) is 0 Å². The van der Waals surface area contributed by atoms with Crippen LogP contribution in [0, 0.1) is 21.8 Å². The van der Waals surface area contributed by atoms with Crippen molar-refractivity contribution < 1.29 is 4.92 Å². The minimum atomic E-state index is -0.486. The van der Waals surface area contributed by atoms with Gasteiger partial charge in [-0.25, -0.2) is 4.68 Å². The summed E-state index contributed by atoms with van der Waals surface area (Å²) in [6.07, 6.45) is 0. The first-order valence-electron chi connectivity index (χ1n) is 9.47. The van der Waals surface area contributed by atoms with Gasteiger partial charge in [-0.3, -0.25) is 19.9 Å². The molecule has 1 unspecified atom stereocenters. The number of aromatic amines is 2. The third-order valence-corrected chi connectivity index (χ3v) is 5.55. The number of nitrogens with zero attached hydrogens (tertiary/aromatic N) is 3. The van der Waals surface area contributed by atoms with E-state index in [1.165, 1.54) is 12.1 Å². The van der Waals surface area contributed by atoms with Gasteiger partial charge in [0.15, 0.2) is 4.77 Å². The molecule has 3 heterocycles. The van der Waals surface area contributed by atoms with Gasteiger partial charge in [0.1, 0.15) is 11.6 Å². The van der Waals surface area contributed by atoms with Crippen LogP contribution in [0.3, 0.4) is 0 Å². The van der Waals surface area contributed by atoms with E-state index in [9.17, 15) is 14.9 Å². The van der Waals surface area contributed by atoms with Crippen LogP contribution >= 0.6 is 12.2 Å². The quantitative estimate of drug-likeness (QED) is 0.224. The molecule has 1 aliphatic rings. The van der Waals surface area contributed by atoms with E-state index >= 15 is 0 Å². The maximum atomic E-state index is 12.9. The summed E-state index contributed by atoms with van der Waals surface area (Å²) in [4.78, 5) is 29.2. The molecule has 1 aliphatic heterocycles. The number of anilines is 2. The van der Waals surface area contributed by atoms with Crippen LogP contribution in [0.4, 0.5) is 17.3 Å². The van der Waals surface area contributed by atoms with E-state index in [2.05, 4.69) is 15.3 Å². The summed E-state index contributed by atoms with van der Waals surface area (Å²) in [5.74, 6) is 0.692. The molecule has 0 spiro atoms. The second-order valence-electron chi connectivity index (χ2n) is 7.20. The van der Waals surface area contributed by atoms with Gasteiger partial charge in [0.05, 0.1) is 21.9 Å². The minimum Gasteiger partial charge on any atom is -0.326 e. The summed E-state index contributed by atoms with van der Waals surface area (Å²) in [6, 6.07) is 15.8. The van der Waals surface area contributed by atoms with Gasteiger partial charge in [-0.15, -0.1) is 0 Å². The Kier molecular flexibility index (Phi) is 4.29. The van der Waals surface area contributed by atoms with Gasteiger partial charge >= 0.3 is 0 Å². The highest BCUT2D eigenvalue weighted by Crippen LogP contribution is 2.44. The van der Waals surface area contributed by atoms with Crippen LogP contribution in [0.25, 0.3) is 5.69 Å². The maximum Gasteiger partial charge on any atom is 0.269 e. The first-order valence-corrected chi connectivity index (χ1v) is 9.87. The maximum absolute atomic E-state index is 12.9. The zero-order valence-electron chi connectivity index (χ0n) is 16.2. The normalized spacial score (nSPS) is 14.4. The second-order valence-corrected chi connectivity index (χ2v) is 7.61. The largest absolute Gasteiger partial charge is 0.326 e. The van der Waals surface area contributed by atoms with Crippen molar-refractivity contribution in [3.05, 3.63) is 102 Å². The Morgan fingerprint density at radius 3 is 2.45 bits per heavy atom. The lowest BCUT2D eigenvalue weighted by Gasteiger charge is -2.27. The highest BCUT2D eigenvalue weighted by atomic mass is 32.1. The fraction of sp³-hybridized carbons (Fsp3) is 0.0952. The number of non-ortho nitro benzene ring substituents is 1. The van der Waals surface area contributed by atoms with Crippen molar-refractivity contribution in [1.29, 1.82) is 0 Å². The minimum absolute atomic E-state index is 0.0174. The molecule has 0 aliphatic carbocycles. The summed E-state index contributed by atoms with van der Waals surface area (Å²) in [5, 5.41) is 19.1. The average Bonchev–Trinajstić information content (AvgIpc) is 3.09. The Labute approximate surface area is 180 Å². The van der Waals surface area contributed by atoms with Crippen molar-refractivity contribution in [2.45, 2.75) is 12.8 Å². The van der Waals surface area contributed by atoms with Crippen LogP contribution in [0.15, 0.2) is 59.4 Å². The third kappa shape index (κ3) is 3.04. The molecule has 4 aromatic rings. The number of benzene rings is 2. The smallest absolute Gasteiger partial charge is 0.269 e. The van der Waals surface area contributed by atoms with E-state index in [0.717, 1.165) is 22.5 Å². The first-order chi connectivity index (χ1) is 14.9. The molecular weight excluding hydrogens is 416 g/mol. The molecule has 0 fully saturated rings. The number of nitro benzene ring substituents is 1. The number of fused-ring (bicyclic) bond motifs is 2. The Morgan fingerprint density at radius 1 is 1.06 bits per heavy atom. The number of hydrogen-bond acceptors (Lipinski definition) is 6. The zero-order chi connectivity index (χ0) is 21.7. The fourth-order valence-electron chi connectivity index (χ4n) is 4.02. The molecular formula is C21H16N6O3S. The van der Waals surface area contributed by atoms with Crippen molar-refractivity contribution >= 4 is 29.5 Å². The van der Waals surface area contributed by atoms with Crippen LogP contribution in [-0.4, -0.2) is 24.7 Å². The standard InChI is InChI=1S/C21H16N6O3S/c1-11-15-16(12-7-9-14(10-8-12)27(29)30)17-18(23-21(31)24-20(17)28)22-19(15)26(25-11)13-5-3-2-4-6-13/h2-10,16H,1H3,(H3,22,23,24,28,31). The monoisotopic (exact) mass is 432 g/mol. The SMILES string of the molecule is Cc1nn(-c2ccccc2)c2c1C(c1ccc([N+](=O)[O-])cc1)c1c([nH]c(=S)[nH]c1=O)N2. The van der Waals surface area contributed by atoms with Crippen LogP contribution in [-0.2, 0) is 0 Å². The van der Waals surface area contributed by atoms with E-state index in [1.807, 2.05) is 37.3 Å². The Balaban J connectivity index is 1.79. The number of rotatable bonds is 3. The molecule has 10 heteroatoms. The van der Waals surface area contributed by atoms with Crippen molar-refractivity contribution in [2.75, 3.05) is 5.32 Å². The van der Waals surface area contributed by atoms with Gasteiger partial charge < -0.3 is 10.3 Å². The molecule has 3 N–H and O–H groups in total. The lowest BCUT2D eigenvalue weighted by atomic mass is 9.83. The van der Waals surface area contributed by atoms with Crippen molar-refractivity contribution in [3.8, 4) is 5.69 Å². The summed E-state index contributed by atoms with van der Waals surface area (Å²) in [5.41, 5.74) is 3.26. The second kappa shape index (κ2) is 7.03. The van der Waals surface area contributed by atoms with Gasteiger partial charge in [-0.1, -0.05) is 30.3 Å². The predicted octanol–water partition coefficient (Wildman–Crippen LogP) is 4.07. The number of hydrogen-bond donors (Lipinski definition) is 3. The summed E-state index contributed by atoms with van der Waals surface area (Å²) >= 11 is 5.17. The molecule has 0 radical (unpaired) electrons. The van der Waals surface area contributed by atoms with E-state index < -0.39 is 10.8 Å². The van der Waals surface area contributed by atoms with Gasteiger partial charge in [0.2, 0.25) is 0 Å². The summed E-state index contributed by atoms with van der Waals surface area (Å²) in [6.45, 7) is 1.88. The fourth-order valence-corrected chi connectivity index (χ4v) is 4.21. The van der Waals surface area contributed by atoms with Gasteiger partial charge in [-0.2, -0.15) is 5.10 Å². The van der Waals surface area contributed by atoms with Crippen molar-refractivity contribution in [3.63, 3.8) is 0 Å². The van der Waals surface area contributed by atoms with E-state index in [0.29, 0.717) is 17.2 Å². The predicted molar refractivity (Wildman–Crippen MR) is 118 cm³/mol. The van der Waals surface area contributed by atoms with E-state index in [4.69, 9.17) is 17.3 Å². The molecule has 154 valence electrons. The Hall–Kier alpha value is -4.05. The summed E-state index contributed by atoms with van der Waals surface area (Å²) < 4.78 is 1.98. The molecule has 0 saturated heterocycles. The molecule has 9 nitrogen and oxygen atoms in total. The number of aryl methyl sites for hydroxylation is 1. The highest BCUT2D eigenvalue weighted by molar-refractivity contribution is 7.71. The zero-order valence-corrected chi connectivity index (χ0v) is 17.1. The molecule has 0 amide bonds. The number of nitrogens with one attached hydrogen (secondary N) is 3. The van der Waals surface area contributed by atoms with Crippen LogP contribution in [0.1, 0.15) is 28.3 Å². The number of H-pyrrole nitrogens is 2. The Bertz CT molecular complexity index is 1440. The lowest BCUT2D eigenvalue weighted by molar-refractivity contribution is -0.384. The summed E-state index contributed by atoms with van der Waals surface area (Å²) in [7, 11) is 0. The lowest BCUT2D eigenvalue weighted by Crippen LogP contribution is -2.26. The van der Waals surface area contributed by atoms with Crippen LogP contribution in [0.2, 0.25) is 0 Å². The van der Waals surface area contributed by atoms with Gasteiger partial charge in [0, 0.05) is 23.6 Å². The molecule has 1 atom stereocenters. The Morgan fingerprint density at radius 2 is 1.77 bits per heavy atom. The topological polar surface area (TPSA) is 122 Å². The number of para-hydroxylation sites is 1. The number of nitro groups is 1. The molecule has 0 bridgehead atoms. The molecule has 5 rings (SSSR count). The van der Waals surface area contributed by atoms with E-state index in [1.54, 1.807) is 16.8 Å². The molecule has 31 heavy (non-hydrogen) atoms. The van der Waals surface area contributed by atoms with Gasteiger partial charge in [0.25, 0.3) is 11.2 Å². The molecule has 0 saturated carbocycles. The van der Waals surface area contributed by atoms with Gasteiger partial charge in [-0.05, 0) is 36.8 Å². The average molecular weight is 432 g/mol. The van der Waals surface area contributed by atoms with Crippen LogP contribution < -0.4 is 10.9 Å². The number of aromatic nitrogens is 4. The molecule has 2 aromatic heterocycles. The van der Waals surface area contributed by atoms with E-state index in [-0.39, 0.29) is 16.0 Å². The third-order valence-electron chi connectivity index (χ3n) is 5.35.